The van der Waals surface area contributed by atoms with E-state index in [0.29, 0.717) is 6.54 Å². The highest BCUT2D eigenvalue weighted by Crippen LogP contribution is 2.09. The predicted octanol–water partition coefficient (Wildman–Crippen LogP) is -1.90. The molecule has 0 saturated carbocycles. The first-order valence-electron chi connectivity index (χ1n) is 6.51. The molecule has 0 amide bonds. The van der Waals surface area contributed by atoms with Gasteiger partial charge in [-0.2, -0.15) is 5.26 Å². The van der Waals surface area contributed by atoms with E-state index in [2.05, 4.69) is 5.32 Å². The second-order valence-corrected chi connectivity index (χ2v) is 4.69. The zero-order valence-corrected chi connectivity index (χ0v) is 11.4. The summed E-state index contributed by atoms with van der Waals surface area (Å²) in [6.07, 6.45) is -6.72. The van der Waals surface area contributed by atoms with Crippen LogP contribution in [0, 0.1) is 11.3 Å². The molecular formula is C14H20N2O5. The van der Waals surface area contributed by atoms with Gasteiger partial charge in [-0.25, -0.2) is 0 Å². The number of aliphatic hydroxyl groups excluding tert-OH is 5. The van der Waals surface area contributed by atoms with Gasteiger partial charge in [0.05, 0.1) is 12.7 Å². The van der Waals surface area contributed by atoms with Crippen LogP contribution in [0.1, 0.15) is 5.56 Å². The summed E-state index contributed by atoms with van der Waals surface area (Å²) in [4.78, 5) is 0. The molecule has 0 aliphatic carbocycles. The molecule has 0 bridgehead atoms. The third-order valence-electron chi connectivity index (χ3n) is 3.13. The Morgan fingerprint density at radius 1 is 1.00 bits per heavy atom. The number of nitrogens with one attached hydrogen (secondary N) is 1. The molecule has 0 unspecified atom stereocenters. The summed E-state index contributed by atoms with van der Waals surface area (Å²) < 4.78 is 0. The van der Waals surface area contributed by atoms with Crippen LogP contribution in [-0.2, 0) is 6.54 Å². The fraction of sp³-hybridized carbons (Fsp3) is 0.500. The average Bonchev–Trinajstić information content (AvgIpc) is 2.53. The quantitative estimate of drug-likeness (QED) is 0.330. The lowest BCUT2D eigenvalue weighted by Gasteiger charge is -2.28. The Morgan fingerprint density at radius 2 is 1.62 bits per heavy atom. The molecule has 5 atom stereocenters. The van der Waals surface area contributed by atoms with Gasteiger partial charge >= 0.3 is 0 Å². The highest BCUT2D eigenvalue weighted by atomic mass is 16.4. The number of aliphatic hydroxyl groups is 5. The Balaban J connectivity index is 2.60. The maximum absolute atomic E-state index is 9.88. The molecule has 1 rings (SSSR count). The van der Waals surface area contributed by atoms with Gasteiger partial charge in [0.2, 0.25) is 0 Å². The van der Waals surface area contributed by atoms with Crippen LogP contribution in [0.4, 0.5) is 0 Å². The summed E-state index contributed by atoms with van der Waals surface area (Å²) in [5.41, 5.74) is 0.885. The Morgan fingerprint density at radius 3 is 2.14 bits per heavy atom. The number of hydrogen-bond donors (Lipinski definition) is 6. The molecule has 0 spiro atoms. The van der Waals surface area contributed by atoms with Crippen molar-refractivity contribution in [3.8, 4) is 6.07 Å². The molecule has 0 saturated heterocycles. The van der Waals surface area contributed by atoms with E-state index >= 15 is 0 Å². The van der Waals surface area contributed by atoms with Crippen molar-refractivity contribution in [3.63, 3.8) is 0 Å². The van der Waals surface area contributed by atoms with Gasteiger partial charge in [0.15, 0.2) is 0 Å². The number of nitrogens with zero attached hydrogens (tertiary/aromatic N) is 1. The SMILES string of the molecule is N#C[C@@H](NCc1ccccc1)[C@H](O)[C@@H](O)[C@H](O)[C@H](O)CO. The van der Waals surface area contributed by atoms with Gasteiger partial charge in [-0.1, -0.05) is 30.3 Å². The van der Waals surface area contributed by atoms with Crippen LogP contribution < -0.4 is 5.32 Å². The molecule has 0 radical (unpaired) electrons. The molecule has 0 fully saturated rings. The number of rotatable bonds is 8. The summed E-state index contributed by atoms with van der Waals surface area (Å²) in [5.74, 6) is 0. The van der Waals surface area contributed by atoms with Gasteiger partial charge in [0.25, 0.3) is 0 Å². The lowest BCUT2D eigenvalue weighted by molar-refractivity contribution is -0.118. The minimum atomic E-state index is -1.76. The molecule has 0 aromatic heterocycles. The van der Waals surface area contributed by atoms with Crippen LogP contribution in [0.3, 0.4) is 0 Å². The summed E-state index contributed by atoms with van der Waals surface area (Å²) in [6, 6.07) is 9.80. The van der Waals surface area contributed by atoms with Crippen molar-refractivity contribution in [2.24, 2.45) is 0 Å². The van der Waals surface area contributed by atoms with Gasteiger partial charge < -0.3 is 25.5 Å². The Labute approximate surface area is 122 Å². The fourth-order valence-corrected chi connectivity index (χ4v) is 1.80. The summed E-state index contributed by atoms with van der Waals surface area (Å²) in [6.45, 7) is -0.471. The Kier molecular flexibility index (Phi) is 7.25. The van der Waals surface area contributed by atoms with E-state index in [1.54, 1.807) is 6.07 Å². The molecule has 7 heteroatoms. The van der Waals surface area contributed by atoms with Crippen molar-refractivity contribution in [2.75, 3.05) is 6.61 Å². The molecule has 1 aromatic rings. The smallest absolute Gasteiger partial charge is 0.124 e. The highest BCUT2D eigenvalue weighted by Gasteiger charge is 2.34. The van der Waals surface area contributed by atoms with Crippen molar-refractivity contribution < 1.29 is 25.5 Å². The normalized spacial score (nSPS) is 18.3. The molecule has 0 aliphatic heterocycles. The molecular weight excluding hydrogens is 276 g/mol. The van der Waals surface area contributed by atoms with Crippen molar-refractivity contribution in [3.05, 3.63) is 35.9 Å². The minimum Gasteiger partial charge on any atom is -0.394 e. The number of hydrogen-bond acceptors (Lipinski definition) is 7. The summed E-state index contributed by atoms with van der Waals surface area (Å²) in [7, 11) is 0. The first-order valence-corrected chi connectivity index (χ1v) is 6.51. The molecule has 7 nitrogen and oxygen atoms in total. The number of nitriles is 1. The van der Waals surface area contributed by atoms with Crippen LogP contribution in [0.25, 0.3) is 0 Å². The molecule has 0 heterocycles. The Hall–Kier alpha value is -1.53. The lowest BCUT2D eigenvalue weighted by Crippen LogP contribution is -2.53. The predicted molar refractivity (Wildman–Crippen MR) is 73.8 cm³/mol. The second-order valence-electron chi connectivity index (χ2n) is 4.69. The van der Waals surface area contributed by atoms with Crippen LogP contribution in [-0.4, -0.2) is 62.6 Å². The molecule has 1 aromatic carbocycles. The molecule has 0 aliphatic rings. The summed E-state index contributed by atoms with van der Waals surface area (Å²) >= 11 is 0. The second kappa shape index (κ2) is 8.69. The van der Waals surface area contributed by atoms with Gasteiger partial charge in [0, 0.05) is 6.54 Å². The van der Waals surface area contributed by atoms with Gasteiger partial charge in [0.1, 0.15) is 30.5 Å². The maximum atomic E-state index is 9.88. The van der Waals surface area contributed by atoms with E-state index in [-0.39, 0.29) is 0 Å². The maximum Gasteiger partial charge on any atom is 0.124 e. The van der Waals surface area contributed by atoms with E-state index in [4.69, 9.17) is 10.4 Å². The van der Waals surface area contributed by atoms with Crippen molar-refractivity contribution in [1.29, 1.82) is 5.26 Å². The highest BCUT2D eigenvalue weighted by molar-refractivity contribution is 5.15. The third-order valence-corrected chi connectivity index (χ3v) is 3.13. The third kappa shape index (κ3) is 5.06. The van der Waals surface area contributed by atoms with Crippen molar-refractivity contribution in [1.82, 2.24) is 5.32 Å². The van der Waals surface area contributed by atoms with Crippen molar-refractivity contribution >= 4 is 0 Å². The number of benzene rings is 1. The standard InChI is InChI=1S/C14H20N2O5/c15-6-10(16-7-9-4-2-1-3-5-9)12(19)14(21)13(20)11(18)8-17/h1-5,10-14,16-21H,7-8H2/t10-,11-,12+,13-,14-/m1/s1. The molecule has 21 heavy (non-hydrogen) atoms. The van der Waals surface area contributed by atoms with Crippen molar-refractivity contribution in [2.45, 2.75) is 37.0 Å². The van der Waals surface area contributed by atoms with Crippen LogP contribution >= 0.6 is 0 Å². The van der Waals surface area contributed by atoms with E-state index in [1.165, 1.54) is 0 Å². The first kappa shape index (κ1) is 17.5. The van der Waals surface area contributed by atoms with Gasteiger partial charge in [-0.15, -0.1) is 0 Å². The first-order chi connectivity index (χ1) is 10.0. The van der Waals surface area contributed by atoms with Crippen LogP contribution in [0.5, 0.6) is 0 Å². The topological polar surface area (TPSA) is 137 Å². The van der Waals surface area contributed by atoms with Gasteiger partial charge in [-0.3, -0.25) is 5.32 Å². The Bertz CT molecular complexity index is 450. The zero-order chi connectivity index (χ0) is 15.8. The van der Waals surface area contributed by atoms with Crippen LogP contribution in [0.15, 0.2) is 30.3 Å². The van der Waals surface area contributed by atoms with E-state index in [1.807, 2.05) is 30.3 Å². The zero-order valence-electron chi connectivity index (χ0n) is 11.4. The lowest BCUT2D eigenvalue weighted by atomic mass is 9.98. The summed E-state index contributed by atoms with van der Waals surface area (Å²) in [5, 5.41) is 58.8. The monoisotopic (exact) mass is 296 g/mol. The average molecular weight is 296 g/mol. The fourth-order valence-electron chi connectivity index (χ4n) is 1.80. The molecule has 6 N–H and O–H groups in total. The largest absolute Gasteiger partial charge is 0.394 e. The van der Waals surface area contributed by atoms with Gasteiger partial charge in [-0.05, 0) is 5.56 Å². The molecule has 116 valence electrons. The van der Waals surface area contributed by atoms with E-state index < -0.39 is 37.1 Å². The van der Waals surface area contributed by atoms with E-state index in [0.717, 1.165) is 5.56 Å². The van der Waals surface area contributed by atoms with Crippen LogP contribution in [0.2, 0.25) is 0 Å². The minimum absolute atomic E-state index is 0.293. The van der Waals surface area contributed by atoms with E-state index in [9.17, 15) is 20.4 Å².